The predicted molar refractivity (Wildman–Crippen MR) is 136 cm³/mol. The maximum absolute atomic E-state index is 13.8. The number of methoxy groups -OCH3 is 2. The largest absolute Gasteiger partial charge is 0.465 e. The monoisotopic (exact) mass is 538 g/mol. The number of ether oxygens (including phenoxy) is 2. The summed E-state index contributed by atoms with van der Waals surface area (Å²) in [6.07, 6.45) is 1.47. The molecule has 0 bridgehead atoms. The van der Waals surface area contributed by atoms with Gasteiger partial charge in [0.25, 0.3) is 11.4 Å². The third-order valence-corrected chi connectivity index (χ3v) is 7.02. The van der Waals surface area contributed by atoms with E-state index in [2.05, 4.69) is 0 Å². The first-order valence-corrected chi connectivity index (χ1v) is 11.6. The molecule has 2 aromatic carbocycles. The molecule has 0 spiro atoms. The van der Waals surface area contributed by atoms with Crippen LogP contribution in [0.4, 0.5) is 17.1 Å². The van der Waals surface area contributed by atoms with Gasteiger partial charge in [-0.05, 0) is 29.3 Å². The molecule has 13 nitrogen and oxygen atoms in total. The molecule has 0 saturated carbocycles. The van der Waals surface area contributed by atoms with Crippen LogP contribution in [0.1, 0.15) is 31.7 Å². The van der Waals surface area contributed by atoms with E-state index in [1.807, 2.05) is 0 Å². The average Bonchev–Trinajstić information content (AvgIpc) is 3.20. The van der Waals surface area contributed by atoms with E-state index in [9.17, 15) is 34.6 Å². The molecule has 0 fully saturated rings. The van der Waals surface area contributed by atoms with Gasteiger partial charge in [-0.1, -0.05) is 23.9 Å². The van der Waals surface area contributed by atoms with Crippen molar-refractivity contribution >= 4 is 57.7 Å². The Morgan fingerprint density at radius 1 is 0.947 bits per heavy atom. The summed E-state index contributed by atoms with van der Waals surface area (Å²) in [7, 11) is 2.24. The number of hydrogen-bond donors (Lipinski definition) is 1. The summed E-state index contributed by atoms with van der Waals surface area (Å²) in [5, 5.41) is 21.1. The number of carbonyl (C=O) groups excluding carboxylic acids is 3. The van der Waals surface area contributed by atoms with Crippen LogP contribution in [0.15, 0.2) is 48.5 Å². The molecule has 4 rings (SSSR count). The third-order valence-electron chi connectivity index (χ3n) is 5.71. The van der Waals surface area contributed by atoms with Crippen molar-refractivity contribution in [3.8, 4) is 0 Å². The van der Waals surface area contributed by atoms with Crippen LogP contribution in [0.25, 0.3) is 11.0 Å². The zero-order chi connectivity index (χ0) is 27.7. The van der Waals surface area contributed by atoms with Gasteiger partial charge in [0.1, 0.15) is 10.2 Å². The molecule has 0 radical (unpaired) electrons. The van der Waals surface area contributed by atoms with Gasteiger partial charge in [0.15, 0.2) is 5.69 Å². The highest BCUT2D eigenvalue weighted by molar-refractivity contribution is 8.10. The van der Waals surface area contributed by atoms with Gasteiger partial charge in [-0.2, -0.15) is 0 Å². The second-order valence-electron chi connectivity index (χ2n) is 7.85. The van der Waals surface area contributed by atoms with Crippen LogP contribution in [0, 0.1) is 20.2 Å². The van der Waals surface area contributed by atoms with Crippen LogP contribution in [-0.2, 0) is 14.3 Å². The van der Waals surface area contributed by atoms with Gasteiger partial charge in [-0.15, -0.1) is 0 Å². The number of aromatic nitrogens is 1. The van der Waals surface area contributed by atoms with Crippen LogP contribution in [0.3, 0.4) is 0 Å². The van der Waals surface area contributed by atoms with E-state index in [0.29, 0.717) is 11.1 Å². The molecular formula is C24H18N4O9S. The van der Waals surface area contributed by atoms with Gasteiger partial charge in [0.2, 0.25) is 5.91 Å². The van der Waals surface area contributed by atoms with Gasteiger partial charge < -0.3 is 15.2 Å². The van der Waals surface area contributed by atoms with Gasteiger partial charge >= 0.3 is 11.9 Å². The molecule has 14 heteroatoms. The SMILES string of the molecule is COC(=O)C1=c2/c(=C/c3ccc([N+](=O)[O-])cc3)c(N)c(C(=O)OC)n2C(=O)[C@@H](c2ccc([N+](=O)[O-])cc2)S1. The molecule has 194 valence electrons. The van der Waals surface area contributed by atoms with E-state index < -0.39 is 32.9 Å². The summed E-state index contributed by atoms with van der Waals surface area (Å²) in [5.41, 5.74) is 6.27. The molecule has 1 aromatic heterocycles. The average molecular weight is 538 g/mol. The number of carbonyl (C=O) groups is 3. The number of thioether (sulfide) groups is 1. The Bertz CT molecular complexity index is 1630. The molecule has 0 aliphatic carbocycles. The summed E-state index contributed by atoms with van der Waals surface area (Å²) < 4.78 is 10.8. The summed E-state index contributed by atoms with van der Waals surface area (Å²) in [6.45, 7) is 0. The topological polar surface area (TPSA) is 187 Å². The maximum atomic E-state index is 13.8. The fourth-order valence-electron chi connectivity index (χ4n) is 3.92. The fourth-order valence-corrected chi connectivity index (χ4v) is 5.14. The number of hydrogen-bond acceptors (Lipinski definition) is 11. The lowest BCUT2D eigenvalue weighted by Gasteiger charge is -2.23. The quantitative estimate of drug-likeness (QED) is 0.274. The minimum absolute atomic E-state index is 0.0127. The Labute approximate surface area is 217 Å². The molecule has 0 saturated heterocycles. The summed E-state index contributed by atoms with van der Waals surface area (Å²) in [4.78, 5) is 60.3. The zero-order valence-electron chi connectivity index (χ0n) is 19.8. The maximum Gasteiger partial charge on any atom is 0.357 e. The van der Waals surface area contributed by atoms with Crippen LogP contribution in [-0.4, -0.2) is 46.5 Å². The van der Waals surface area contributed by atoms with Crippen molar-refractivity contribution in [2.75, 3.05) is 20.0 Å². The van der Waals surface area contributed by atoms with Gasteiger partial charge in [-0.25, -0.2) is 9.59 Å². The molecule has 2 heterocycles. The number of benzene rings is 2. The van der Waals surface area contributed by atoms with E-state index in [1.165, 1.54) is 54.6 Å². The van der Waals surface area contributed by atoms with Crippen molar-refractivity contribution in [3.63, 3.8) is 0 Å². The Morgan fingerprint density at radius 2 is 1.47 bits per heavy atom. The number of fused-ring (bicyclic) bond motifs is 1. The van der Waals surface area contributed by atoms with Gasteiger partial charge in [-0.3, -0.25) is 29.6 Å². The number of non-ortho nitro benzene ring substituents is 2. The van der Waals surface area contributed by atoms with E-state index in [1.54, 1.807) is 0 Å². The Hall–Kier alpha value is -4.98. The van der Waals surface area contributed by atoms with E-state index in [4.69, 9.17) is 15.2 Å². The number of nitro groups is 2. The number of nitro benzene ring substituents is 2. The first kappa shape index (κ1) is 26.1. The van der Waals surface area contributed by atoms with Crippen molar-refractivity contribution in [2.24, 2.45) is 0 Å². The zero-order valence-corrected chi connectivity index (χ0v) is 20.6. The second-order valence-corrected chi connectivity index (χ2v) is 8.97. The van der Waals surface area contributed by atoms with Crippen LogP contribution < -0.4 is 16.3 Å². The first-order valence-electron chi connectivity index (χ1n) is 10.7. The highest BCUT2D eigenvalue weighted by Crippen LogP contribution is 2.40. The highest BCUT2D eigenvalue weighted by atomic mass is 32.2. The molecule has 1 aliphatic rings. The summed E-state index contributed by atoms with van der Waals surface area (Å²) in [6, 6.07) is 10.6. The minimum atomic E-state index is -1.08. The first-order chi connectivity index (χ1) is 18.1. The predicted octanol–water partition coefficient (Wildman–Crippen LogP) is 1.91. The standard InChI is InChI=1S/C24H18N4O9S/c1-36-23(30)19-17(25)16(11-12-3-7-14(8-4-12)27(32)33)18-21(24(31)37-2)38-20(22(29)26(18)19)13-5-9-15(10-6-13)28(34)35/h3-11,20H,25H2,1-2H3/b16-11+/t20-/m1/s1. The number of nitrogens with zero attached hydrogens (tertiary/aromatic N) is 3. The highest BCUT2D eigenvalue weighted by Gasteiger charge is 2.38. The lowest BCUT2D eigenvalue weighted by Crippen LogP contribution is -2.42. The van der Waals surface area contributed by atoms with Crippen molar-refractivity contribution in [1.82, 2.24) is 4.57 Å². The Kier molecular flexibility index (Phi) is 6.99. The molecule has 1 atom stereocenters. The van der Waals surface area contributed by atoms with E-state index >= 15 is 0 Å². The fraction of sp³-hybridized carbons (Fsp3) is 0.125. The molecule has 2 N–H and O–H groups in total. The number of nitrogens with two attached hydrogens (primary N) is 1. The molecule has 1 aliphatic heterocycles. The third kappa shape index (κ3) is 4.48. The van der Waals surface area contributed by atoms with Crippen molar-refractivity contribution in [2.45, 2.75) is 5.25 Å². The van der Waals surface area contributed by atoms with Crippen LogP contribution in [0.5, 0.6) is 0 Å². The second kappa shape index (κ2) is 10.2. The number of esters is 2. The van der Waals surface area contributed by atoms with Crippen molar-refractivity contribution in [1.29, 1.82) is 0 Å². The minimum Gasteiger partial charge on any atom is -0.465 e. The lowest BCUT2D eigenvalue weighted by molar-refractivity contribution is -0.385. The molecule has 3 aromatic rings. The molecule has 38 heavy (non-hydrogen) atoms. The Balaban J connectivity index is 2.03. The van der Waals surface area contributed by atoms with Crippen LogP contribution in [0.2, 0.25) is 0 Å². The van der Waals surface area contributed by atoms with Crippen molar-refractivity contribution in [3.05, 3.63) is 96.1 Å². The van der Waals surface area contributed by atoms with Crippen molar-refractivity contribution < 1.29 is 33.7 Å². The molecule has 0 amide bonds. The molecular weight excluding hydrogens is 520 g/mol. The number of anilines is 1. The van der Waals surface area contributed by atoms with Crippen LogP contribution >= 0.6 is 11.8 Å². The smallest absolute Gasteiger partial charge is 0.357 e. The van der Waals surface area contributed by atoms with Gasteiger partial charge in [0.05, 0.1) is 35.1 Å². The number of rotatable bonds is 6. The molecule has 0 unspecified atom stereocenters. The van der Waals surface area contributed by atoms with E-state index in [0.717, 1.165) is 30.5 Å². The normalized spacial score (nSPS) is 15.1. The summed E-state index contributed by atoms with van der Waals surface area (Å²) in [5.74, 6) is -2.41. The van der Waals surface area contributed by atoms with Gasteiger partial charge in [0, 0.05) is 29.5 Å². The Morgan fingerprint density at radius 3 is 1.97 bits per heavy atom. The lowest BCUT2D eigenvalue weighted by atomic mass is 10.1. The van der Waals surface area contributed by atoms with E-state index in [-0.39, 0.29) is 38.2 Å². The summed E-state index contributed by atoms with van der Waals surface area (Å²) >= 11 is 0.840. The number of nitrogen functional groups attached to an aromatic ring is 1.